The van der Waals surface area contributed by atoms with Crippen molar-refractivity contribution in [3.8, 4) is 0 Å². The monoisotopic (exact) mass is 227 g/mol. The van der Waals surface area contributed by atoms with Crippen LogP contribution in [0.5, 0.6) is 0 Å². The lowest BCUT2D eigenvalue weighted by Crippen LogP contribution is -2.33. The molecule has 0 aromatic heterocycles. The normalized spacial score (nSPS) is 15.8. The van der Waals surface area contributed by atoms with Crippen molar-refractivity contribution in [2.75, 3.05) is 0 Å². The van der Waals surface area contributed by atoms with E-state index < -0.39 is 0 Å². The summed E-state index contributed by atoms with van der Waals surface area (Å²) in [5.41, 5.74) is 0. The van der Waals surface area contributed by atoms with E-state index >= 15 is 0 Å². The van der Waals surface area contributed by atoms with Gasteiger partial charge in [0.25, 0.3) is 5.91 Å². The first-order valence-corrected chi connectivity index (χ1v) is 6.38. The van der Waals surface area contributed by atoms with Gasteiger partial charge in [0.05, 0.1) is 0 Å². The van der Waals surface area contributed by atoms with Gasteiger partial charge in [0.1, 0.15) is 0 Å². The number of hydrogen-bond acceptors (Lipinski definition) is 2. The van der Waals surface area contributed by atoms with Crippen molar-refractivity contribution >= 4 is 11.7 Å². The van der Waals surface area contributed by atoms with Crippen LogP contribution < -0.4 is 5.32 Å². The van der Waals surface area contributed by atoms with Gasteiger partial charge in [0, 0.05) is 12.5 Å². The Balaban J connectivity index is 0.000000673. The fourth-order valence-corrected chi connectivity index (χ4v) is 1.05. The number of rotatable bonds is 5. The molecular formula is C13H25NO2. The van der Waals surface area contributed by atoms with Crippen LogP contribution in [0.3, 0.4) is 0 Å². The Labute approximate surface area is 99.0 Å². The van der Waals surface area contributed by atoms with E-state index in [0.717, 1.165) is 19.3 Å². The highest BCUT2D eigenvalue weighted by Gasteiger charge is 2.26. The number of ketones is 1. The van der Waals surface area contributed by atoms with Crippen molar-refractivity contribution < 1.29 is 9.59 Å². The van der Waals surface area contributed by atoms with Crippen LogP contribution >= 0.6 is 0 Å². The molecule has 0 saturated heterocycles. The van der Waals surface area contributed by atoms with Gasteiger partial charge < -0.3 is 5.32 Å². The van der Waals surface area contributed by atoms with E-state index in [1.54, 1.807) is 0 Å². The zero-order valence-electron chi connectivity index (χ0n) is 11.0. The lowest BCUT2D eigenvalue weighted by Gasteiger charge is -2.06. The molecule has 0 spiro atoms. The molecule has 1 amide bonds. The van der Waals surface area contributed by atoms with E-state index in [0.29, 0.717) is 12.3 Å². The van der Waals surface area contributed by atoms with Crippen LogP contribution in [0.1, 0.15) is 59.8 Å². The molecule has 1 atom stereocenters. The number of hydrogen-bond donors (Lipinski definition) is 1. The summed E-state index contributed by atoms with van der Waals surface area (Å²) in [6, 6.07) is 0.286. The first-order valence-electron chi connectivity index (χ1n) is 6.38. The molecule has 1 fully saturated rings. The largest absolute Gasteiger partial charge is 0.347 e. The van der Waals surface area contributed by atoms with Gasteiger partial charge in [-0.15, -0.1) is 0 Å². The van der Waals surface area contributed by atoms with E-state index in [4.69, 9.17) is 0 Å². The summed E-state index contributed by atoms with van der Waals surface area (Å²) in [5, 5.41) is 2.69. The predicted molar refractivity (Wildman–Crippen MR) is 66.2 cm³/mol. The van der Waals surface area contributed by atoms with E-state index in [1.165, 1.54) is 6.42 Å². The van der Waals surface area contributed by atoms with Crippen LogP contribution in [0.25, 0.3) is 0 Å². The molecule has 0 aromatic carbocycles. The zero-order chi connectivity index (χ0) is 12.6. The van der Waals surface area contributed by atoms with Crippen LogP contribution in [0, 0.1) is 5.92 Å². The molecule has 3 nitrogen and oxygen atoms in total. The third-order valence-electron chi connectivity index (χ3n) is 2.40. The van der Waals surface area contributed by atoms with Gasteiger partial charge in [-0.2, -0.15) is 0 Å². The fourth-order valence-electron chi connectivity index (χ4n) is 1.05. The fraction of sp³-hybridized carbons (Fsp3) is 0.846. The summed E-state index contributed by atoms with van der Waals surface area (Å²) in [6.45, 7) is 8.26. The first-order chi connectivity index (χ1) is 7.54. The molecular weight excluding hydrogens is 202 g/mol. The number of nitrogens with one attached hydrogen (secondary N) is 1. The smallest absolute Gasteiger partial charge is 0.287 e. The van der Waals surface area contributed by atoms with Crippen LogP contribution in [0.15, 0.2) is 0 Å². The average Bonchev–Trinajstić information content (AvgIpc) is 3.02. The molecule has 0 radical (unpaired) electrons. The molecule has 0 bridgehead atoms. The molecule has 16 heavy (non-hydrogen) atoms. The van der Waals surface area contributed by atoms with Gasteiger partial charge in [-0.25, -0.2) is 0 Å². The summed E-state index contributed by atoms with van der Waals surface area (Å²) in [6.07, 6.45) is 4.64. The van der Waals surface area contributed by atoms with E-state index in [2.05, 4.69) is 19.2 Å². The highest BCUT2D eigenvalue weighted by molar-refractivity contribution is 6.36. The second-order valence-corrected chi connectivity index (χ2v) is 4.60. The minimum absolute atomic E-state index is 0.263. The number of carbonyl (C=O) groups excluding carboxylic acids is 2. The minimum atomic E-state index is -0.386. The maximum atomic E-state index is 11.3. The SMILES string of the molecule is CCC.CCC(C)CC(=O)C(=O)NC1CC1. The Kier molecular flexibility index (Phi) is 7.86. The molecule has 1 N–H and O–H groups in total. The van der Waals surface area contributed by atoms with Gasteiger partial charge >= 0.3 is 0 Å². The molecule has 1 saturated carbocycles. The van der Waals surface area contributed by atoms with Gasteiger partial charge in [0.2, 0.25) is 5.78 Å². The Hall–Kier alpha value is -0.860. The maximum Gasteiger partial charge on any atom is 0.287 e. The standard InChI is InChI=1S/C10H17NO2.C3H8/c1-3-7(2)6-9(12)10(13)11-8-4-5-8;1-3-2/h7-8H,3-6H2,1-2H3,(H,11,13);3H2,1-2H3. The van der Waals surface area contributed by atoms with Crippen molar-refractivity contribution in [1.82, 2.24) is 5.32 Å². The molecule has 0 aliphatic heterocycles. The molecule has 1 unspecified atom stereocenters. The summed E-state index contributed by atoms with van der Waals surface area (Å²) >= 11 is 0. The molecule has 1 aliphatic carbocycles. The number of Topliss-reactive ketones (excluding diaryl/α,β-unsaturated/α-hetero) is 1. The first kappa shape index (κ1) is 15.1. The molecule has 1 aliphatic rings. The van der Waals surface area contributed by atoms with Crippen LogP contribution in [0.4, 0.5) is 0 Å². The van der Waals surface area contributed by atoms with E-state index in [9.17, 15) is 9.59 Å². The average molecular weight is 227 g/mol. The highest BCUT2D eigenvalue weighted by atomic mass is 16.2. The Morgan fingerprint density at radius 2 is 1.75 bits per heavy atom. The van der Waals surface area contributed by atoms with Gasteiger partial charge in [0.15, 0.2) is 0 Å². The van der Waals surface area contributed by atoms with Crippen LogP contribution in [0.2, 0.25) is 0 Å². The Bertz CT molecular complexity index is 222. The van der Waals surface area contributed by atoms with E-state index in [-0.39, 0.29) is 17.7 Å². The van der Waals surface area contributed by atoms with Gasteiger partial charge in [-0.1, -0.05) is 40.5 Å². The lowest BCUT2D eigenvalue weighted by molar-refractivity contribution is -0.138. The third-order valence-corrected chi connectivity index (χ3v) is 2.40. The van der Waals surface area contributed by atoms with Crippen molar-refractivity contribution in [2.24, 2.45) is 5.92 Å². The Morgan fingerprint density at radius 3 is 2.12 bits per heavy atom. The quantitative estimate of drug-likeness (QED) is 0.734. The highest BCUT2D eigenvalue weighted by Crippen LogP contribution is 2.18. The van der Waals surface area contributed by atoms with Crippen molar-refractivity contribution in [1.29, 1.82) is 0 Å². The summed E-state index contributed by atoms with van der Waals surface area (Å²) in [7, 11) is 0. The van der Waals surface area contributed by atoms with Crippen molar-refractivity contribution in [3.05, 3.63) is 0 Å². The van der Waals surface area contributed by atoms with Gasteiger partial charge in [-0.3, -0.25) is 9.59 Å². The Morgan fingerprint density at radius 1 is 1.25 bits per heavy atom. The second-order valence-electron chi connectivity index (χ2n) is 4.60. The molecule has 94 valence electrons. The van der Waals surface area contributed by atoms with Gasteiger partial charge in [-0.05, 0) is 18.8 Å². The molecule has 3 heteroatoms. The zero-order valence-corrected chi connectivity index (χ0v) is 11.0. The lowest BCUT2D eigenvalue weighted by atomic mass is 10.0. The van der Waals surface area contributed by atoms with Crippen molar-refractivity contribution in [3.63, 3.8) is 0 Å². The van der Waals surface area contributed by atoms with E-state index in [1.807, 2.05) is 13.8 Å². The number of carbonyl (C=O) groups is 2. The third kappa shape index (κ3) is 7.43. The predicted octanol–water partition coefficient (Wildman–Crippen LogP) is 2.69. The topological polar surface area (TPSA) is 46.2 Å². The number of amides is 1. The molecule has 0 heterocycles. The summed E-state index contributed by atoms with van der Waals surface area (Å²) < 4.78 is 0. The maximum absolute atomic E-state index is 11.3. The van der Waals surface area contributed by atoms with Crippen LogP contribution in [-0.2, 0) is 9.59 Å². The van der Waals surface area contributed by atoms with Crippen molar-refractivity contribution in [2.45, 2.75) is 65.8 Å². The molecule has 1 rings (SSSR count). The second kappa shape index (κ2) is 8.31. The molecule has 0 aromatic rings. The summed E-state index contributed by atoms with van der Waals surface area (Å²) in [5.74, 6) is -0.332. The summed E-state index contributed by atoms with van der Waals surface area (Å²) in [4.78, 5) is 22.4. The minimum Gasteiger partial charge on any atom is -0.347 e. The van der Waals surface area contributed by atoms with Crippen LogP contribution in [-0.4, -0.2) is 17.7 Å².